The van der Waals surface area contributed by atoms with E-state index in [4.69, 9.17) is 9.97 Å². The van der Waals surface area contributed by atoms with Gasteiger partial charge in [0.15, 0.2) is 4.96 Å². The zero-order chi connectivity index (χ0) is 23.7. The average Bonchev–Trinajstić information content (AvgIpc) is 3.41. The number of benzene rings is 1. The summed E-state index contributed by atoms with van der Waals surface area (Å²) in [5, 5.41) is 15.3. The van der Waals surface area contributed by atoms with E-state index in [1.807, 2.05) is 35.0 Å². The number of anilines is 1. The first-order valence-corrected chi connectivity index (χ1v) is 13.8. The molecule has 0 spiro atoms. The number of fused-ring (bicyclic) bond motifs is 1. The minimum absolute atomic E-state index is 0.0622. The van der Waals surface area contributed by atoms with Crippen molar-refractivity contribution in [3.8, 4) is 28.4 Å². The predicted molar refractivity (Wildman–Crippen MR) is 133 cm³/mol. The lowest BCUT2D eigenvalue weighted by molar-refractivity contribution is 0.326. The molecular formula is C23H26N6O3S2. The molecule has 0 aliphatic carbocycles. The van der Waals surface area contributed by atoms with Crippen LogP contribution in [0.5, 0.6) is 5.75 Å². The third kappa shape index (κ3) is 4.50. The molecule has 11 heteroatoms. The van der Waals surface area contributed by atoms with E-state index >= 15 is 0 Å². The van der Waals surface area contributed by atoms with Gasteiger partial charge in [0.05, 0.1) is 17.1 Å². The number of thiazole rings is 1. The monoisotopic (exact) mass is 498 g/mol. The Morgan fingerprint density at radius 1 is 1.26 bits per heavy atom. The SMILES string of the molecule is CCCS(=O)(=O)N1CCC[C@@H](Nc2nccc(-c3c(-c4cccc(O)c4)nc4sccn34)n2)C1. The summed E-state index contributed by atoms with van der Waals surface area (Å²) >= 11 is 1.52. The summed E-state index contributed by atoms with van der Waals surface area (Å²) in [5.41, 5.74) is 3.01. The Balaban J connectivity index is 1.45. The highest BCUT2D eigenvalue weighted by Gasteiger charge is 2.28. The Morgan fingerprint density at radius 3 is 2.97 bits per heavy atom. The van der Waals surface area contributed by atoms with Gasteiger partial charge in [0.2, 0.25) is 16.0 Å². The molecule has 1 aliphatic heterocycles. The number of aromatic nitrogens is 4. The van der Waals surface area contributed by atoms with Crippen LogP contribution in [0.25, 0.3) is 27.6 Å². The first kappa shape index (κ1) is 22.8. The van der Waals surface area contributed by atoms with Gasteiger partial charge in [0.1, 0.15) is 11.4 Å². The smallest absolute Gasteiger partial charge is 0.223 e. The van der Waals surface area contributed by atoms with E-state index in [-0.39, 0.29) is 17.5 Å². The lowest BCUT2D eigenvalue weighted by atomic mass is 10.1. The van der Waals surface area contributed by atoms with E-state index in [9.17, 15) is 13.5 Å². The molecular weight excluding hydrogens is 472 g/mol. The third-order valence-electron chi connectivity index (χ3n) is 5.85. The molecule has 0 bridgehead atoms. The van der Waals surface area contributed by atoms with Gasteiger partial charge in [0, 0.05) is 42.5 Å². The molecule has 0 radical (unpaired) electrons. The van der Waals surface area contributed by atoms with E-state index in [1.165, 1.54) is 11.3 Å². The molecule has 1 fully saturated rings. The van der Waals surface area contributed by atoms with Crippen molar-refractivity contribution in [2.75, 3.05) is 24.2 Å². The Bertz CT molecular complexity index is 1420. The second-order valence-corrected chi connectivity index (χ2v) is 11.3. The second kappa shape index (κ2) is 9.32. The maximum atomic E-state index is 12.5. The van der Waals surface area contributed by atoms with Crippen LogP contribution in [0.15, 0.2) is 48.1 Å². The molecule has 4 heterocycles. The van der Waals surface area contributed by atoms with Crippen molar-refractivity contribution in [2.24, 2.45) is 0 Å². The fraction of sp³-hybridized carbons (Fsp3) is 0.348. The summed E-state index contributed by atoms with van der Waals surface area (Å²) < 4.78 is 28.6. The molecule has 5 rings (SSSR count). The van der Waals surface area contributed by atoms with E-state index in [0.717, 1.165) is 34.8 Å². The van der Waals surface area contributed by atoms with Crippen molar-refractivity contribution >= 4 is 32.3 Å². The van der Waals surface area contributed by atoms with Crippen molar-refractivity contribution in [1.29, 1.82) is 0 Å². The Labute approximate surface area is 202 Å². The maximum absolute atomic E-state index is 12.5. The Hall–Kier alpha value is -3.02. The minimum atomic E-state index is -3.24. The number of piperidine rings is 1. The fourth-order valence-electron chi connectivity index (χ4n) is 4.33. The van der Waals surface area contributed by atoms with Crippen LogP contribution in [-0.4, -0.2) is 62.1 Å². The van der Waals surface area contributed by atoms with Crippen molar-refractivity contribution < 1.29 is 13.5 Å². The first-order valence-electron chi connectivity index (χ1n) is 11.3. The summed E-state index contributed by atoms with van der Waals surface area (Å²) in [6, 6.07) is 8.77. The lowest BCUT2D eigenvalue weighted by Gasteiger charge is -2.32. The fourth-order valence-corrected chi connectivity index (χ4v) is 6.63. The molecule has 2 N–H and O–H groups in total. The van der Waals surface area contributed by atoms with Crippen LogP contribution in [0.2, 0.25) is 0 Å². The number of hydrogen-bond donors (Lipinski definition) is 2. The molecule has 9 nitrogen and oxygen atoms in total. The standard InChI is InChI=1S/C23H26N6O3S2/c1-2-13-34(31,32)28-10-4-6-17(15-28)25-22-24-9-8-19(26-22)21-20(16-5-3-7-18(30)14-16)27-23-29(21)11-12-33-23/h3,5,7-9,11-12,14,17,30H,2,4,6,10,13,15H2,1H3,(H,24,25,26)/t17-/m1/s1. The number of rotatable bonds is 7. The number of phenolic OH excluding ortho intramolecular Hbond substituents is 1. The molecule has 1 aromatic carbocycles. The van der Waals surface area contributed by atoms with E-state index in [1.54, 1.807) is 28.7 Å². The second-order valence-electron chi connectivity index (χ2n) is 8.34. The topological polar surface area (TPSA) is 113 Å². The number of aromatic hydroxyl groups is 1. The van der Waals surface area contributed by atoms with Crippen LogP contribution in [0.4, 0.5) is 5.95 Å². The molecule has 1 aliphatic rings. The number of nitrogens with zero attached hydrogens (tertiary/aromatic N) is 5. The van der Waals surface area contributed by atoms with Crippen molar-refractivity contribution in [2.45, 2.75) is 32.2 Å². The van der Waals surface area contributed by atoms with Gasteiger partial charge in [-0.15, -0.1) is 11.3 Å². The highest BCUT2D eigenvalue weighted by atomic mass is 32.2. The summed E-state index contributed by atoms with van der Waals surface area (Å²) in [4.78, 5) is 14.8. The van der Waals surface area contributed by atoms with Crippen LogP contribution >= 0.6 is 11.3 Å². The maximum Gasteiger partial charge on any atom is 0.223 e. The molecule has 34 heavy (non-hydrogen) atoms. The molecule has 178 valence electrons. The van der Waals surface area contributed by atoms with Crippen LogP contribution in [0.1, 0.15) is 26.2 Å². The van der Waals surface area contributed by atoms with Crippen molar-refractivity contribution in [3.05, 3.63) is 48.1 Å². The van der Waals surface area contributed by atoms with Gasteiger partial charge in [-0.2, -0.15) is 4.31 Å². The zero-order valence-electron chi connectivity index (χ0n) is 18.8. The summed E-state index contributed by atoms with van der Waals surface area (Å²) in [7, 11) is -3.24. The largest absolute Gasteiger partial charge is 0.508 e. The number of sulfonamides is 1. The van der Waals surface area contributed by atoms with Gasteiger partial charge in [-0.3, -0.25) is 4.40 Å². The molecule has 4 aromatic rings. The highest BCUT2D eigenvalue weighted by molar-refractivity contribution is 7.89. The number of nitrogens with one attached hydrogen (secondary N) is 1. The van der Waals surface area contributed by atoms with Crippen LogP contribution in [-0.2, 0) is 10.0 Å². The summed E-state index contributed by atoms with van der Waals surface area (Å²) in [6.07, 6.45) is 5.88. The normalized spacial score (nSPS) is 17.3. The minimum Gasteiger partial charge on any atom is -0.508 e. The third-order valence-corrected chi connectivity index (χ3v) is 8.65. The first-order chi connectivity index (χ1) is 16.4. The van der Waals surface area contributed by atoms with Gasteiger partial charge in [-0.05, 0) is 37.5 Å². The molecule has 0 unspecified atom stereocenters. The van der Waals surface area contributed by atoms with E-state index in [2.05, 4.69) is 10.3 Å². The molecule has 1 saturated heterocycles. The molecule has 1 atom stereocenters. The van der Waals surface area contributed by atoms with Gasteiger partial charge in [-0.25, -0.2) is 23.4 Å². The Kier molecular flexibility index (Phi) is 6.24. The average molecular weight is 499 g/mol. The number of phenols is 1. The zero-order valence-corrected chi connectivity index (χ0v) is 20.4. The van der Waals surface area contributed by atoms with Crippen molar-refractivity contribution in [1.82, 2.24) is 23.7 Å². The van der Waals surface area contributed by atoms with E-state index in [0.29, 0.717) is 31.2 Å². The van der Waals surface area contributed by atoms with Crippen molar-refractivity contribution in [3.63, 3.8) is 0 Å². The van der Waals surface area contributed by atoms with Gasteiger partial charge < -0.3 is 10.4 Å². The molecule has 0 saturated carbocycles. The number of imidazole rings is 1. The van der Waals surface area contributed by atoms with Crippen LogP contribution in [0.3, 0.4) is 0 Å². The highest BCUT2D eigenvalue weighted by Crippen LogP contribution is 2.34. The lowest BCUT2D eigenvalue weighted by Crippen LogP contribution is -2.46. The number of hydrogen-bond acceptors (Lipinski definition) is 8. The Morgan fingerprint density at radius 2 is 2.15 bits per heavy atom. The summed E-state index contributed by atoms with van der Waals surface area (Å²) in [5.74, 6) is 0.787. The van der Waals surface area contributed by atoms with Gasteiger partial charge in [-0.1, -0.05) is 19.1 Å². The molecule has 3 aromatic heterocycles. The van der Waals surface area contributed by atoms with Crippen LogP contribution in [0, 0.1) is 0 Å². The van der Waals surface area contributed by atoms with E-state index < -0.39 is 10.0 Å². The summed E-state index contributed by atoms with van der Waals surface area (Å²) in [6.45, 7) is 2.84. The molecule has 0 amide bonds. The quantitative estimate of drug-likeness (QED) is 0.398. The van der Waals surface area contributed by atoms with Gasteiger partial charge in [0.25, 0.3) is 0 Å². The van der Waals surface area contributed by atoms with Crippen LogP contribution < -0.4 is 5.32 Å². The van der Waals surface area contributed by atoms with Gasteiger partial charge >= 0.3 is 0 Å². The predicted octanol–water partition coefficient (Wildman–Crippen LogP) is 3.84.